The largest absolute Gasteiger partial charge is 0.447 e. The zero-order valence-corrected chi connectivity index (χ0v) is 17.2. The van der Waals surface area contributed by atoms with E-state index in [4.69, 9.17) is 9.47 Å². The standard InChI is InChI=1S/C20H29N3O6/c1-5-21-18(26)23-17(25)16(14-10-7-6-8-11-14)28-15(24)12-9-13-22-19(27)29-20(2,3)4/h6-8,10-11,16H,5,9,12-13H2,1-4H3,(H,22,27)(H2,21,23,25,26)/t16-/m1/s1. The summed E-state index contributed by atoms with van der Waals surface area (Å²) in [5, 5.41) is 7.13. The molecule has 0 fully saturated rings. The number of ether oxygens (including phenoxy) is 2. The van der Waals surface area contributed by atoms with Gasteiger partial charge >= 0.3 is 18.1 Å². The monoisotopic (exact) mass is 407 g/mol. The van der Waals surface area contributed by atoms with Crippen molar-refractivity contribution in [1.29, 1.82) is 0 Å². The summed E-state index contributed by atoms with van der Waals surface area (Å²) >= 11 is 0. The second-order valence-corrected chi connectivity index (χ2v) is 7.16. The van der Waals surface area contributed by atoms with Gasteiger partial charge in [0.15, 0.2) is 0 Å². The lowest BCUT2D eigenvalue weighted by atomic mass is 10.1. The predicted octanol–water partition coefficient (Wildman–Crippen LogP) is 2.42. The summed E-state index contributed by atoms with van der Waals surface area (Å²) in [6.45, 7) is 7.52. The van der Waals surface area contributed by atoms with Gasteiger partial charge in [0.2, 0.25) is 6.10 Å². The zero-order valence-electron chi connectivity index (χ0n) is 17.2. The van der Waals surface area contributed by atoms with Crippen molar-refractivity contribution in [2.24, 2.45) is 0 Å². The Labute approximate surface area is 170 Å². The minimum Gasteiger partial charge on any atom is -0.447 e. The van der Waals surface area contributed by atoms with Crippen LogP contribution in [0.2, 0.25) is 0 Å². The topological polar surface area (TPSA) is 123 Å². The fraction of sp³-hybridized carbons (Fsp3) is 0.500. The van der Waals surface area contributed by atoms with Gasteiger partial charge in [0.25, 0.3) is 5.91 Å². The molecule has 9 heteroatoms. The summed E-state index contributed by atoms with van der Waals surface area (Å²) in [6.07, 6.45) is -1.55. The summed E-state index contributed by atoms with van der Waals surface area (Å²) in [4.78, 5) is 47.7. The Morgan fingerprint density at radius 2 is 1.69 bits per heavy atom. The third-order valence-corrected chi connectivity index (χ3v) is 3.39. The molecule has 160 valence electrons. The van der Waals surface area contributed by atoms with E-state index in [1.54, 1.807) is 58.0 Å². The molecule has 1 aromatic rings. The van der Waals surface area contributed by atoms with Gasteiger partial charge < -0.3 is 20.1 Å². The molecule has 1 atom stereocenters. The van der Waals surface area contributed by atoms with E-state index in [2.05, 4.69) is 16.0 Å². The maximum absolute atomic E-state index is 12.4. The van der Waals surface area contributed by atoms with Crippen molar-refractivity contribution in [3.8, 4) is 0 Å². The number of hydrogen-bond acceptors (Lipinski definition) is 6. The summed E-state index contributed by atoms with van der Waals surface area (Å²) in [6, 6.07) is 7.72. The smallest absolute Gasteiger partial charge is 0.407 e. The Morgan fingerprint density at radius 3 is 2.28 bits per heavy atom. The van der Waals surface area contributed by atoms with E-state index in [1.807, 2.05) is 0 Å². The quantitative estimate of drug-likeness (QED) is 0.449. The van der Waals surface area contributed by atoms with Crippen molar-refractivity contribution in [2.45, 2.75) is 52.2 Å². The van der Waals surface area contributed by atoms with E-state index in [0.717, 1.165) is 0 Å². The van der Waals surface area contributed by atoms with Gasteiger partial charge in [0.1, 0.15) is 5.60 Å². The molecule has 0 aliphatic heterocycles. The van der Waals surface area contributed by atoms with Crippen molar-refractivity contribution in [3.63, 3.8) is 0 Å². The number of nitrogens with one attached hydrogen (secondary N) is 3. The van der Waals surface area contributed by atoms with Crippen LogP contribution in [-0.2, 0) is 19.1 Å². The number of amides is 4. The van der Waals surface area contributed by atoms with Crippen LogP contribution in [0.3, 0.4) is 0 Å². The van der Waals surface area contributed by atoms with Crippen LogP contribution in [0, 0.1) is 0 Å². The minimum atomic E-state index is -1.26. The molecule has 0 heterocycles. The molecular weight excluding hydrogens is 378 g/mol. The number of hydrogen-bond donors (Lipinski definition) is 3. The molecule has 0 radical (unpaired) electrons. The van der Waals surface area contributed by atoms with Crippen molar-refractivity contribution in [1.82, 2.24) is 16.0 Å². The van der Waals surface area contributed by atoms with Crippen LogP contribution in [0.1, 0.15) is 52.2 Å². The van der Waals surface area contributed by atoms with Crippen molar-refractivity contribution in [2.75, 3.05) is 13.1 Å². The number of imide groups is 1. The lowest BCUT2D eigenvalue weighted by Gasteiger charge is -2.20. The highest BCUT2D eigenvalue weighted by Crippen LogP contribution is 2.18. The molecule has 1 rings (SSSR count). The zero-order chi connectivity index (χ0) is 21.9. The Balaban J connectivity index is 2.58. The van der Waals surface area contributed by atoms with Gasteiger partial charge in [-0.05, 0) is 34.1 Å². The summed E-state index contributed by atoms with van der Waals surface area (Å²) in [5.74, 6) is -1.38. The molecule has 0 saturated heterocycles. The molecule has 1 aromatic carbocycles. The summed E-state index contributed by atoms with van der Waals surface area (Å²) < 4.78 is 10.4. The molecular formula is C20H29N3O6. The third-order valence-electron chi connectivity index (χ3n) is 3.39. The Kier molecular flexibility index (Phi) is 9.64. The highest BCUT2D eigenvalue weighted by Gasteiger charge is 2.26. The number of urea groups is 1. The van der Waals surface area contributed by atoms with Gasteiger partial charge in [-0.15, -0.1) is 0 Å². The molecule has 4 amide bonds. The first kappa shape index (κ1) is 23.9. The Hall–Kier alpha value is -3.10. The molecule has 0 aliphatic carbocycles. The summed E-state index contributed by atoms with van der Waals surface area (Å²) in [5.41, 5.74) is -0.168. The van der Waals surface area contributed by atoms with E-state index >= 15 is 0 Å². The first-order valence-electron chi connectivity index (χ1n) is 9.42. The van der Waals surface area contributed by atoms with E-state index in [9.17, 15) is 19.2 Å². The first-order chi connectivity index (χ1) is 13.6. The highest BCUT2D eigenvalue weighted by molar-refractivity contribution is 5.97. The van der Waals surface area contributed by atoms with Gasteiger partial charge in [-0.3, -0.25) is 14.9 Å². The van der Waals surface area contributed by atoms with Crippen LogP contribution in [0.25, 0.3) is 0 Å². The molecule has 0 bridgehead atoms. The molecule has 0 spiro atoms. The van der Waals surface area contributed by atoms with Crippen molar-refractivity contribution >= 4 is 24.0 Å². The maximum Gasteiger partial charge on any atom is 0.407 e. The van der Waals surface area contributed by atoms with Crippen LogP contribution in [0.15, 0.2) is 30.3 Å². The van der Waals surface area contributed by atoms with E-state index in [0.29, 0.717) is 18.5 Å². The number of esters is 1. The van der Waals surface area contributed by atoms with Crippen LogP contribution < -0.4 is 16.0 Å². The summed E-state index contributed by atoms with van der Waals surface area (Å²) in [7, 11) is 0. The average molecular weight is 407 g/mol. The van der Waals surface area contributed by atoms with Gasteiger partial charge in [-0.25, -0.2) is 9.59 Å². The van der Waals surface area contributed by atoms with Gasteiger partial charge in [-0.2, -0.15) is 0 Å². The second-order valence-electron chi connectivity index (χ2n) is 7.16. The second kappa shape index (κ2) is 11.7. The van der Waals surface area contributed by atoms with E-state index in [-0.39, 0.29) is 13.0 Å². The number of carbonyl (C=O) groups is 4. The number of carbonyl (C=O) groups excluding carboxylic acids is 4. The fourth-order valence-corrected chi connectivity index (χ4v) is 2.21. The molecule has 0 aromatic heterocycles. The number of alkyl carbamates (subject to hydrolysis) is 1. The molecule has 0 saturated carbocycles. The Morgan fingerprint density at radius 1 is 1.03 bits per heavy atom. The van der Waals surface area contributed by atoms with Crippen LogP contribution in [0.4, 0.5) is 9.59 Å². The number of benzene rings is 1. The first-order valence-corrected chi connectivity index (χ1v) is 9.42. The van der Waals surface area contributed by atoms with Crippen molar-refractivity contribution in [3.05, 3.63) is 35.9 Å². The van der Waals surface area contributed by atoms with Gasteiger partial charge in [-0.1, -0.05) is 30.3 Å². The van der Waals surface area contributed by atoms with Crippen LogP contribution in [-0.4, -0.2) is 42.7 Å². The average Bonchev–Trinajstić information content (AvgIpc) is 2.62. The Bertz CT molecular complexity index is 700. The maximum atomic E-state index is 12.4. The van der Waals surface area contributed by atoms with E-state index < -0.39 is 35.7 Å². The normalized spacial score (nSPS) is 11.7. The molecule has 9 nitrogen and oxygen atoms in total. The fourth-order valence-electron chi connectivity index (χ4n) is 2.21. The predicted molar refractivity (Wildman–Crippen MR) is 106 cm³/mol. The van der Waals surface area contributed by atoms with Crippen molar-refractivity contribution < 1.29 is 28.7 Å². The third kappa shape index (κ3) is 10.1. The van der Waals surface area contributed by atoms with E-state index in [1.165, 1.54) is 0 Å². The van der Waals surface area contributed by atoms with Crippen LogP contribution >= 0.6 is 0 Å². The van der Waals surface area contributed by atoms with Gasteiger partial charge in [0, 0.05) is 25.1 Å². The SMILES string of the molecule is CCNC(=O)NC(=O)[C@H](OC(=O)CCCNC(=O)OC(C)(C)C)c1ccccc1. The lowest BCUT2D eigenvalue weighted by molar-refractivity contribution is -0.156. The minimum absolute atomic E-state index is 0.0203. The highest BCUT2D eigenvalue weighted by atomic mass is 16.6. The molecule has 3 N–H and O–H groups in total. The number of rotatable bonds is 8. The molecule has 0 aliphatic rings. The molecule has 29 heavy (non-hydrogen) atoms. The van der Waals surface area contributed by atoms with Gasteiger partial charge in [0.05, 0.1) is 0 Å². The lowest BCUT2D eigenvalue weighted by Crippen LogP contribution is -2.42. The molecule has 0 unspecified atom stereocenters. The van der Waals surface area contributed by atoms with Crippen LogP contribution in [0.5, 0.6) is 0 Å².